The van der Waals surface area contributed by atoms with Gasteiger partial charge in [-0.05, 0) is 108 Å². The SMILES string of the molecule is c1ccc2c(c1)sc1ccc(-n3c4cc5c(cc4c4c(-c6ccc7oc8cc(-n9c%10ccccc%10c%10cc%11sc%12ccccc%12c%11cc%109)ccc8c7c6)cccc43)sc3ccccc35)cc12. The van der Waals surface area contributed by atoms with E-state index >= 15 is 0 Å². The second-order valence-electron chi connectivity index (χ2n) is 17.6. The molecule has 0 aliphatic rings. The van der Waals surface area contributed by atoms with Crippen LogP contribution in [0.15, 0.2) is 199 Å². The van der Waals surface area contributed by atoms with Crippen molar-refractivity contribution in [1.29, 1.82) is 0 Å². The third kappa shape index (κ3) is 4.80. The quantitative estimate of drug-likeness (QED) is 0.173. The van der Waals surface area contributed by atoms with Crippen molar-refractivity contribution in [2.75, 3.05) is 0 Å². The van der Waals surface area contributed by atoms with Crippen LogP contribution in [0.5, 0.6) is 0 Å². The molecule has 0 fully saturated rings. The molecule has 0 atom stereocenters. The molecule has 10 aromatic carbocycles. The first-order chi connectivity index (χ1) is 32.7. The fraction of sp³-hybridized carbons (Fsp3) is 0. The largest absolute Gasteiger partial charge is 0.456 e. The van der Waals surface area contributed by atoms with E-state index < -0.39 is 0 Å². The molecule has 0 saturated heterocycles. The predicted octanol–water partition coefficient (Wildman–Crippen LogP) is 18.6. The van der Waals surface area contributed by atoms with Crippen LogP contribution >= 0.6 is 34.0 Å². The second-order valence-corrected chi connectivity index (χ2v) is 20.8. The van der Waals surface area contributed by atoms with Crippen molar-refractivity contribution in [2.45, 2.75) is 0 Å². The van der Waals surface area contributed by atoms with Crippen molar-refractivity contribution in [3.05, 3.63) is 194 Å². The zero-order valence-corrected chi connectivity index (χ0v) is 37.5. The molecule has 0 spiro atoms. The zero-order valence-electron chi connectivity index (χ0n) is 35.0. The van der Waals surface area contributed by atoms with Gasteiger partial charge in [-0.1, -0.05) is 91.0 Å². The second kappa shape index (κ2) is 13.0. The minimum absolute atomic E-state index is 0.881. The summed E-state index contributed by atoms with van der Waals surface area (Å²) in [6, 6.07) is 72.2. The van der Waals surface area contributed by atoms with Gasteiger partial charge in [0.1, 0.15) is 11.2 Å². The predicted molar refractivity (Wildman–Crippen MR) is 287 cm³/mol. The normalized spacial score (nSPS) is 12.5. The van der Waals surface area contributed by atoms with Crippen LogP contribution in [0.25, 0.3) is 149 Å². The first-order valence-electron chi connectivity index (χ1n) is 22.3. The first kappa shape index (κ1) is 35.6. The Morgan fingerprint density at radius 3 is 1.59 bits per heavy atom. The Hall–Kier alpha value is -7.74. The van der Waals surface area contributed by atoms with E-state index in [9.17, 15) is 0 Å². The van der Waals surface area contributed by atoms with Gasteiger partial charge in [-0.25, -0.2) is 0 Å². The molecular weight excluding hydrogens is 861 g/mol. The lowest BCUT2D eigenvalue weighted by Gasteiger charge is -2.10. The van der Waals surface area contributed by atoms with E-state index in [0.29, 0.717) is 0 Å². The van der Waals surface area contributed by atoms with Crippen LogP contribution in [0.4, 0.5) is 0 Å². The van der Waals surface area contributed by atoms with Gasteiger partial charge in [-0.3, -0.25) is 0 Å². The average molecular weight is 893 g/mol. The number of para-hydroxylation sites is 1. The molecule has 16 aromatic rings. The zero-order chi connectivity index (χ0) is 42.8. The molecule has 0 aliphatic heterocycles. The molecule has 0 bridgehead atoms. The standard InChI is InChI=1S/C60H32N2OS3/c1-5-15-48-37(10-1)42-31-58-45(40-12-3-7-18-55(40)65-58)29-50(42)61(48)35-21-23-38-43-26-33(20-24-52(43)63-53(38)28-35)36-14-9-16-49-60(36)47-32-59-46(41-13-4-8-19-56(41)66-59)30-51(47)62(49)34-22-25-57-44(27-34)39-11-2-6-17-54(39)64-57/h1-32H. The van der Waals surface area contributed by atoms with Crippen LogP contribution < -0.4 is 0 Å². The molecule has 66 heavy (non-hydrogen) atoms. The maximum absolute atomic E-state index is 6.76. The molecule has 0 aliphatic carbocycles. The van der Waals surface area contributed by atoms with Crippen LogP contribution in [0.2, 0.25) is 0 Å². The third-order valence-corrected chi connectivity index (χ3v) is 17.5. The van der Waals surface area contributed by atoms with Crippen molar-refractivity contribution in [2.24, 2.45) is 0 Å². The van der Waals surface area contributed by atoms with E-state index in [-0.39, 0.29) is 0 Å². The van der Waals surface area contributed by atoms with Gasteiger partial charge in [0.25, 0.3) is 0 Å². The summed E-state index contributed by atoms with van der Waals surface area (Å²) in [5.74, 6) is 0. The minimum atomic E-state index is 0.881. The Kier molecular flexibility index (Phi) is 6.99. The monoisotopic (exact) mass is 892 g/mol. The molecule has 0 N–H and O–H groups in total. The van der Waals surface area contributed by atoms with E-state index in [1.807, 2.05) is 34.0 Å². The van der Waals surface area contributed by atoms with Crippen LogP contribution in [0.3, 0.4) is 0 Å². The van der Waals surface area contributed by atoms with Gasteiger partial charge in [-0.15, -0.1) is 34.0 Å². The maximum Gasteiger partial charge on any atom is 0.137 e. The van der Waals surface area contributed by atoms with E-state index in [1.54, 1.807) is 0 Å². The first-order valence-corrected chi connectivity index (χ1v) is 24.8. The van der Waals surface area contributed by atoms with Crippen molar-refractivity contribution in [1.82, 2.24) is 9.13 Å². The molecule has 6 aromatic heterocycles. The van der Waals surface area contributed by atoms with Gasteiger partial charge in [0.15, 0.2) is 0 Å². The summed E-state index contributed by atoms with van der Waals surface area (Å²) in [7, 11) is 0. The summed E-state index contributed by atoms with van der Waals surface area (Å²) in [5.41, 5.74) is 11.2. The van der Waals surface area contributed by atoms with Crippen molar-refractivity contribution >= 4 is 160 Å². The fourth-order valence-electron chi connectivity index (χ4n) is 11.2. The molecule has 0 radical (unpaired) electrons. The highest BCUT2D eigenvalue weighted by Gasteiger charge is 2.22. The number of thiophene rings is 3. The van der Waals surface area contributed by atoms with Crippen molar-refractivity contribution in [3.8, 4) is 22.5 Å². The number of furan rings is 1. The highest BCUT2D eigenvalue weighted by molar-refractivity contribution is 7.26. The topological polar surface area (TPSA) is 23.0 Å². The van der Waals surface area contributed by atoms with Gasteiger partial charge < -0.3 is 13.6 Å². The molecule has 0 amide bonds. The van der Waals surface area contributed by atoms with Crippen LogP contribution in [0.1, 0.15) is 0 Å². The Morgan fingerprint density at radius 1 is 0.288 bits per heavy atom. The molecule has 6 heterocycles. The van der Waals surface area contributed by atoms with Gasteiger partial charge >= 0.3 is 0 Å². The molecule has 0 saturated carbocycles. The summed E-state index contributed by atoms with van der Waals surface area (Å²) in [4.78, 5) is 0. The fourth-order valence-corrected chi connectivity index (χ4v) is 14.5. The number of rotatable bonds is 3. The van der Waals surface area contributed by atoms with Crippen molar-refractivity contribution < 1.29 is 4.42 Å². The number of fused-ring (bicyclic) bond motifs is 18. The van der Waals surface area contributed by atoms with Gasteiger partial charge in [0.2, 0.25) is 0 Å². The molecular formula is C60H32N2OS3. The van der Waals surface area contributed by atoms with E-state index in [1.165, 1.54) is 121 Å². The summed E-state index contributed by atoms with van der Waals surface area (Å²) < 4.78 is 19.6. The molecule has 0 unspecified atom stereocenters. The lowest BCUT2D eigenvalue weighted by Crippen LogP contribution is -1.93. The highest BCUT2D eigenvalue weighted by Crippen LogP contribution is 2.46. The van der Waals surface area contributed by atoms with E-state index in [2.05, 4.69) is 203 Å². The molecule has 16 rings (SSSR count). The number of aromatic nitrogens is 2. The maximum atomic E-state index is 6.76. The van der Waals surface area contributed by atoms with Crippen molar-refractivity contribution in [3.63, 3.8) is 0 Å². The Balaban J connectivity index is 0.904. The van der Waals surface area contributed by atoms with Gasteiger partial charge in [0, 0.05) is 110 Å². The highest BCUT2D eigenvalue weighted by atomic mass is 32.1. The molecule has 306 valence electrons. The number of benzene rings is 10. The number of hydrogen-bond donors (Lipinski definition) is 0. The Bertz CT molecular complexity index is 4780. The minimum Gasteiger partial charge on any atom is -0.456 e. The lowest BCUT2D eigenvalue weighted by atomic mass is 9.97. The average Bonchev–Trinajstić information content (AvgIpc) is 4.21. The summed E-state index contributed by atoms with van der Waals surface area (Å²) in [5, 5.41) is 15.1. The Labute approximate surface area is 387 Å². The Morgan fingerprint density at radius 2 is 0.848 bits per heavy atom. The smallest absolute Gasteiger partial charge is 0.137 e. The third-order valence-electron chi connectivity index (χ3n) is 14.1. The van der Waals surface area contributed by atoms with Crippen LogP contribution in [-0.4, -0.2) is 9.13 Å². The van der Waals surface area contributed by atoms with Gasteiger partial charge in [-0.2, -0.15) is 0 Å². The summed E-state index contributed by atoms with van der Waals surface area (Å²) in [6.07, 6.45) is 0. The summed E-state index contributed by atoms with van der Waals surface area (Å²) in [6.45, 7) is 0. The molecule has 6 heteroatoms. The van der Waals surface area contributed by atoms with Crippen LogP contribution in [0, 0.1) is 0 Å². The van der Waals surface area contributed by atoms with E-state index in [4.69, 9.17) is 4.42 Å². The number of nitrogens with zero attached hydrogens (tertiary/aromatic N) is 2. The number of hydrogen-bond acceptors (Lipinski definition) is 4. The van der Waals surface area contributed by atoms with E-state index in [0.717, 1.165) is 27.6 Å². The lowest BCUT2D eigenvalue weighted by molar-refractivity contribution is 0.668. The molecule has 3 nitrogen and oxygen atoms in total. The van der Waals surface area contributed by atoms with Gasteiger partial charge in [0.05, 0.1) is 22.1 Å². The van der Waals surface area contributed by atoms with Crippen LogP contribution in [-0.2, 0) is 0 Å². The summed E-state index contributed by atoms with van der Waals surface area (Å²) >= 11 is 5.62.